The molecule has 2 rings (SSSR count). The molecule has 0 fully saturated rings. The van der Waals surface area contributed by atoms with Crippen LogP contribution in [0, 0.1) is 20.8 Å². The summed E-state index contributed by atoms with van der Waals surface area (Å²) in [5.74, 6) is 0.0587. The smallest absolute Gasteiger partial charge is 0.263 e. The Bertz CT molecular complexity index is 851. The van der Waals surface area contributed by atoms with Gasteiger partial charge in [0.15, 0.2) is 6.10 Å². The molecule has 0 bridgehead atoms. The fourth-order valence-electron chi connectivity index (χ4n) is 2.67. The number of anilines is 1. The van der Waals surface area contributed by atoms with Crippen LogP contribution in [0.1, 0.15) is 23.6 Å². The molecule has 0 spiro atoms. The molecule has 0 saturated heterocycles. The number of nitrogens with one attached hydrogen (secondary N) is 1. The van der Waals surface area contributed by atoms with E-state index in [0.29, 0.717) is 10.8 Å². The number of hydrogen-bond acceptors (Lipinski definition) is 3. The molecule has 1 unspecified atom stereocenters. The fraction of sp³-hybridized carbons (Fsp3) is 0.333. The molecule has 5 nitrogen and oxygen atoms in total. The van der Waals surface area contributed by atoms with Gasteiger partial charge < -0.3 is 15.0 Å². The molecule has 27 heavy (non-hydrogen) atoms. The third-order valence-electron chi connectivity index (χ3n) is 4.42. The van der Waals surface area contributed by atoms with E-state index in [2.05, 4.69) is 5.32 Å². The van der Waals surface area contributed by atoms with Crippen LogP contribution in [0.4, 0.5) is 5.69 Å². The fourth-order valence-corrected chi connectivity index (χ4v) is 2.89. The summed E-state index contributed by atoms with van der Waals surface area (Å²) in [5.41, 5.74) is 3.70. The molecule has 0 radical (unpaired) electrons. The lowest BCUT2D eigenvalue weighted by molar-refractivity contribution is -0.139. The minimum atomic E-state index is -0.719. The highest BCUT2D eigenvalue weighted by Gasteiger charge is 2.22. The monoisotopic (exact) mass is 388 g/mol. The molecule has 2 amide bonds. The number of halogens is 1. The number of likely N-dealkylation sites (N-methyl/N-ethyl adjacent to an activating group) is 1. The highest BCUT2D eigenvalue weighted by atomic mass is 35.5. The Morgan fingerprint density at radius 1 is 1.15 bits per heavy atom. The minimum absolute atomic E-state index is 0.0560. The van der Waals surface area contributed by atoms with Gasteiger partial charge in [-0.15, -0.1) is 0 Å². The van der Waals surface area contributed by atoms with Crippen molar-refractivity contribution in [3.8, 4) is 5.75 Å². The molecule has 0 aromatic heterocycles. The van der Waals surface area contributed by atoms with Gasteiger partial charge >= 0.3 is 0 Å². The number of amides is 2. The van der Waals surface area contributed by atoms with E-state index in [-0.39, 0.29) is 18.4 Å². The van der Waals surface area contributed by atoms with Gasteiger partial charge in [-0.1, -0.05) is 23.7 Å². The van der Waals surface area contributed by atoms with E-state index in [1.807, 2.05) is 39.0 Å². The molecule has 2 aromatic rings. The van der Waals surface area contributed by atoms with Gasteiger partial charge in [0.1, 0.15) is 5.75 Å². The Kier molecular flexibility index (Phi) is 6.86. The van der Waals surface area contributed by atoms with Crippen molar-refractivity contribution in [2.45, 2.75) is 33.8 Å². The van der Waals surface area contributed by atoms with Crippen LogP contribution in [0.3, 0.4) is 0 Å². The van der Waals surface area contributed by atoms with Gasteiger partial charge in [-0.25, -0.2) is 0 Å². The van der Waals surface area contributed by atoms with Crippen LogP contribution >= 0.6 is 11.6 Å². The van der Waals surface area contributed by atoms with Gasteiger partial charge in [0.25, 0.3) is 5.91 Å². The standard InChI is InChI=1S/C21H25ClN2O3/c1-13-7-6-8-18(15(13)3)23-20(25)12-24(5)21(26)16(4)27-19-10-9-17(22)11-14(19)2/h6-11,16H,12H2,1-5H3,(H,23,25). The third kappa shape index (κ3) is 5.47. The maximum atomic E-state index is 12.5. The van der Waals surface area contributed by atoms with Gasteiger partial charge in [-0.2, -0.15) is 0 Å². The zero-order valence-electron chi connectivity index (χ0n) is 16.3. The average molecular weight is 389 g/mol. The maximum absolute atomic E-state index is 12.5. The van der Waals surface area contributed by atoms with E-state index >= 15 is 0 Å². The summed E-state index contributed by atoms with van der Waals surface area (Å²) in [6, 6.07) is 10.9. The van der Waals surface area contributed by atoms with E-state index < -0.39 is 6.10 Å². The largest absolute Gasteiger partial charge is 0.481 e. The van der Waals surface area contributed by atoms with E-state index in [1.165, 1.54) is 4.90 Å². The minimum Gasteiger partial charge on any atom is -0.481 e. The Morgan fingerprint density at radius 2 is 1.85 bits per heavy atom. The van der Waals surface area contributed by atoms with E-state index in [4.69, 9.17) is 16.3 Å². The molecule has 0 heterocycles. The summed E-state index contributed by atoms with van der Waals surface area (Å²) in [6.45, 7) is 7.40. The van der Waals surface area contributed by atoms with Crippen molar-refractivity contribution in [2.75, 3.05) is 18.9 Å². The lowest BCUT2D eigenvalue weighted by Gasteiger charge is -2.22. The quantitative estimate of drug-likeness (QED) is 0.809. The molecule has 6 heteroatoms. The second-order valence-corrected chi connectivity index (χ2v) is 7.10. The maximum Gasteiger partial charge on any atom is 0.263 e. The second kappa shape index (κ2) is 8.91. The predicted octanol–water partition coefficient (Wildman–Crippen LogP) is 4.13. The lowest BCUT2D eigenvalue weighted by atomic mass is 10.1. The molecule has 1 atom stereocenters. The van der Waals surface area contributed by atoms with Crippen molar-refractivity contribution in [3.63, 3.8) is 0 Å². The molecular formula is C21H25ClN2O3. The zero-order valence-corrected chi connectivity index (χ0v) is 17.1. The van der Waals surface area contributed by atoms with Crippen molar-refractivity contribution in [1.82, 2.24) is 4.90 Å². The number of ether oxygens (including phenoxy) is 1. The average Bonchev–Trinajstić information content (AvgIpc) is 2.60. The molecule has 1 N–H and O–H groups in total. The number of hydrogen-bond donors (Lipinski definition) is 1. The number of aryl methyl sites for hydroxylation is 2. The summed E-state index contributed by atoms with van der Waals surface area (Å²) in [5, 5.41) is 3.46. The Hall–Kier alpha value is -2.53. The van der Waals surface area contributed by atoms with Crippen molar-refractivity contribution in [3.05, 3.63) is 58.1 Å². The predicted molar refractivity (Wildman–Crippen MR) is 108 cm³/mol. The third-order valence-corrected chi connectivity index (χ3v) is 4.66. The number of carbonyl (C=O) groups is 2. The van der Waals surface area contributed by atoms with E-state index in [0.717, 1.165) is 22.4 Å². The SMILES string of the molecule is Cc1cc(Cl)ccc1OC(C)C(=O)N(C)CC(=O)Nc1cccc(C)c1C. The summed E-state index contributed by atoms with van der Waals surface area (Å²) in [4.78, 5) is 26.2. The number of carbonyl (C=O) groups excluding carboxylic acids is 2. The topological polar surface area (TPSA) is 58.6 Å². The van der Waals surface area contributed by atoms with Gasteiger partial charge in [0, 0.05) is 17.8 Å². The van der Waals surface area contributed by atoms with E-state index in [9.17, 15) is 9.59 Å². The van der Waals surface area contributed by atoms with Crippen molar-refractivity contribution < 1.29 is 14.3 Å². The van der Waals surface area contributed by atoms with Gasteiger partial charge in [0.2, 0.25) is 5.91 Å². The van der Waals surface area contributed by atoms with E-state index in [1.54, 1.807) is 32.2 Å². The van der Waals surface area contributed by atoms with Crippen LogP contribution in [-0.4, -0.2) is 36.4 Å². The van der Waals surface area contributed by atoms with Crippen LogP contribution in [0.2, 0.25) is 5.02 Å². The molecule has 144 valence electrons. The lowest BCUT2D eigenvalue weighted by Crippen LogP contribution is -2.42. The number of benzene rings is 2. The Morgan fingerprint density at radius 3 is 2.52 bits per heavy atom. The summed E-state index contributed by atoms with van der Waals surface area (Å²) >= 11 is 5.94. The first-order valence-electron chi connectivity index (χ1n) is 8.73. The second-order valence-electron chi connectivity index (χ2n) is 6.66. The van der Waals surface area contributed by atoms with Crippen molar-refractivity contribution in [2.24, 2.45) is 0 Å². The van der Waals surface area contributed by atoms with Crippen LogP contribution in [0.5, 0.6) is 5.75 Å². The summed E-state index contributed by atoms with van der Waals surface area (Å²) in [6.07, 6.45) is -0.719. The highest BCUT2D eigenvalue weighted by Crippen LogP contribution is 2.23. The van der Waals surface area contributed by atoms with Gasteiger partial charge in [0.05, 0.1) is 6.54 Å². The van der Waals surface area contributed by atoms with Crippen LogP contribution < -0.4 is 10.1 Å². The normalized spacial score (nSPS) is 11.6. The Labute approximate surface area is 165 Å². The molecule has 2 aromatic carbocycles. The Balaban J connectivity index is 1.95. The molecule has 0 aliphatic carbocycles. The summed E-state index contributed by atoms with van der Waals surface area (Å²) in [7, 11) is 1.58. The zero-order chi connectivity index (χ0) is 20.1. The first kappa shape index (κ1) is 20.8. The van der Waals surface area contributed by atoms with Gasteiger partial charge in [-0.3, -0.25) is 9.59 Å². The highest BCUT2D eigenvalue weighted by molar-refractivity contribution is 6.30. The number of nitrogens with zero attached hydrogens (tertiary/aromatic N) is 1. The van der Waals surface area contributed by atoms with Gasteiger partial charge in [-0.05, 0) is 68.7 Å². The van der Waals surface area contributed by atoms with Crippen LogP contribution in [-0.2, 0) is 9.59 Å². The first-order valence-corrected chi connectivity index (χ1v) is 9.10. The van der Waals surface area contributed by atoms with Crippen LogP contribution in [0.15, 0.2) is 36.4 Å². The first-order chi connectivity index (χ1) is 12.7. The molecular weight excluding hydrogens is 364 g/mol. The van der Waals surface area contributed by atoms with Crippen molar-refractivity contribution >= 4 is 29.1 Å². The summed E-state index contributed by atoms with van der Waals surface area (Å²) < 4.78 is 5.74. The van der Waals surface area contributed by atoms with Crippen molar-refractivity contribution in [1.29, 1.82) is 0 Å². The molecule has 0 aliphatic heterocycles. The molecule has 0 aliphatic rings. The molecule has 0 saturated carbocycles. The number of rotatable bonds is 6. The van der Waals surface area contributed by atoms with Crippen LogP contribution in [0.25, 0.3) is 0 Å².